The van der Waals surface area contributed by atoms with Crippen LogP contribution in [0.4, 0.5) is 0 Å². The number of hydrogen-bond acceptors (Lipinski definition) is 0. The third-order valence-corrected chi connectivity index (χ3v) is 8.70. The first kappa shape index (κ1) is 17.8. The zero-order valence-corrected chi connectivity index (χ0v) is 18.6. The zero-order chi connectivity index (χ0) is 22.2. The van der Waals surface area contributed by atoms with E-state index >= 15 is 0 Å². The Morgan fingerprint density at radius 1 is 0.469 bits per heavy atom. The van der Waals surface area contributed by atoms with Crippen molar-refractivity contribution >= 4 is 46.2 Å². The van der Waals surface area contributed by atoms with Crippen LogP contribution in [0, 0.1) is 0 Å². The van der Waals surface area contributed by atoms with Gasteiger partial charge in [-0.05, 0) is 24.3 Å². The van der Waals surface area contributed by atoms with Crippen LogP contribution < -0.4 is 15.6 Å². The maximum Gasteiger partial charge on any atom is 0.154 e. The molecule has 5 aromatic carbocycles. The van der Waals surface area contributed by atoms with Crippen molar-refractivity contribution in [2.75, 3.05) is 0 Å². The van der Waals surface area contributed by atoms with E-state index in [1.165, 1.54) is 32.2 Å². The third-order valence-electron chi connectivity index (χ3n) is 6.03. The Balaban J connectivity index is 1.54. The van der Waals surface area contributed by atoms with Crippen LogP contribution in [0.1, 0.15) is 1.37 Å². The van der Waals surface area contributed by atoms with Crippen LogP contribution in [-0.4, -0.2) is 13.4 Å². The lowest BCUT2D eigenvalue weighted by Gasteiger charge is -2.17. The maximum atomic E-state index is 9.07. The number of para-hydroxylation sites is 2. The first-order valence-electron chi connectivity index (χ1n) is 11.4. The lowest BCUT2D eigenvalue weighted by atomic mass is 10.2. The number of nitrogens with zero attached hydrogens (tertiary/aromatic N) is 1. The van der Waals surface area contributed by atoms with Gasteiger partial charge in [0.25, 0.3) is 0 Å². The van der Waals surface area contributed by atoms with E-state index in [-0.39, 0.29) is 0 Å². The average molecular weight is 426 g/mol. The molecule has 0 saturated heterocycles. The first-order chi connectivity index (χ1) is 16.3. The molecule has 32 heavy (non-hydrogen) atoms. The van der Waals surface area contributed by atoms with Crippen LogP contribution in [0.15, 0.2) is 133 Å². The fourth-order valence-electron chi connectivity index (χ4n) is 4.60. The van der Waals surface area contributed by atoms with Crippen molar-refractivity contribution in [3.8, 4) is 5.69 Å². The van der Waals surface area contributed by atoms with Crippen molar-refractivity contribution in [2.24, 2.45) is 0 Å². The van der Waals surface area contributed by atoms with E-state index in [0.29, 0.717) is 6.04 Å². The standard InChI is InChI=1S/C30H22NSi/c1-3-11-24(12-4-1)32(25-13-5-2-6-14-25)26-21-19-23(20-22-26)31-29-17-9-7-15-27(29)28-16-8-10-18-30(28)31/h1-22H/i21D. The topological polar surface area (TPSA) is 4.93 Å². The van der Waals surface area contributed by atoms with Gasteiger partial charge < -0.3 is 4.57 Å². The minimum Gasteiger partial charge on any atom is -0.309 e. The molecule has 0 fully saturated rings. The summed E-state index contributed by atoms with van der Waals surface area (Å²) in [6.07, 6.45) is 0. The molecule has 0 bridgehead atoms. The van der Waals surface area contributed by atoms with Gasteiger partial charge in [-0.15, -0.1) is 0 Å². The van der Waals surface area contributed by atoms with Gasteiger partial charge in [0.15, 0.2) is 8.80 Å². The Hall–Kier alpha value is -3.88. The molecule has 1 radical (unpaired) electrons. The normalized spacial score (nSPS) is 11.8. The molecule has 0 aliphatic heterocycles. The molecule has 6 rings (SSSR count). The molecule has 0 N–H and O–H groups in total. The van der Waals surface area contributed by atoms with E-state index in [0.717, 1.165) is 10.9 Å². The fourth-order valence-corrected chi connectivity index (χ4v) is 7.07. The Morgan fingerprint density at radius 2 is 0.969 bits per heavy atom. The van der Waals surface area contributed by atoms with Gasteiger partial charge in [-0.1, -0.05) is 125 Å². The predicted octanol–water partition coefficient (Wildman–Crippen LogP) is 5.30. The van der Waals surface area contributed by atoms with Crippen LogP contribution in [0.2, 0.25) is 0 Å². The summed E-state index contributed by atoms with van der Waals surface area (Å²) < 4.78 is 11.4. The molecule has 1 nitrogen and oxygen atoms in total. The molecule has 0 atom stereocenters. The summed E-state index contributed by atoms with van der Waals surface area (Å²) in [5, 5.41) is 6.18. The van der Waals surface area contributed by atoms with Crippen LogP contribution >= 0.6 is 0 Å². The second-order valence-electron chi connectivity index (χ2n) is 7.94. The summed E-state index contributed by atoms with van der Waals surface area (Å²) in [7, 11) is -1.27. The van der Waals surface area contributed by atoms with Crippen molar-refractivity contribution in [3.05, 3.63) is 133 Å². The number of aromatic nitrogens is 1. The zero-order valence-electron chi connectivity index (χ0n) is 18.6. The van der Waals surface area contributed by atoms with Crippen molar-refractivity contribution < 1.29 is 1.37 Å². The van der Waals surface area contributed by atoms with E-state index in [1.807, 2.05) is 6.07 Å². The summed E-state index contributed by atoms with van der Waals surface area (Å²) in [4.78, 5) is 0. The molecule has 0 aliphatic rings. The fraction of sp³-hybridized carbons (Fsp3) is 0. The van der Waals surface area contributed by atoms with Crippen molar-refractivity contribution in [2.45, 2.75) is 0 Å². The Bertz CT molecular complexity index is 1480. The lowest BCUT2D eigenvalue weighted by Crippen LogP contribution is -2.51. The SMILES string of the molecule is [2H]c1cc(-n2c3ccccc3c3ccccc32)ccc1[Si](c1ccccc1)c1ccccc1. The van der Waals surface area contributed by atoms with Crippen molar-refractivity contribution in [1.82, 2.24) is 4.57 Å². The van der Waals surface area contributed by atoms with Gasteiger partial charge in [-0.25, -0.2) is 0 Å². The van der Waals surface area contributed by atoms with Crippen LogP contribution in [0.3, 0.4) is 0 Å². The van der Waals surface area contributed by atoms with Gasteiger partial charge in [-0.3, -0.25) is 0 Å². The smallest absolute Gasteiger partial charge is 0.154 e. The highest BCUT2D eigenvalue weighted by molar-refractivity contribution is 6.95. The third kappa shape index (κ3) is 3.17. The molecule has 0 saturated carbocycles. The molecule has 1 heterocycles. The first-order valence-corrected chi connectivity index (χ1v) is 12.4. The summed E-state index contributed by atoms with van der Waals surface area (Å²) in [5.41, 5.74) is 3.37. The molecule has 0 spiro atoms. The van der Waals surface area contributed by atoms with E-state index in [9.17, 15) is 0 Å². The lowest BCUT2D eigenvalue weighted by molar-refractivity contribution is 1.18. The number of benzene rings is 5. The molecular formula is C30H22NSi. The molecule has 2 heteroatoms. The van der Waals surface area contributed by atoms with Gasteiger partial charge in [0.05, 0.1) is 12.4 Å². The Kier molecular flexibility index (Phi) is 4.43. The Morgan fingerprint density at radius 3 is 1.50 bits per heavy atom. The number of fused-ring (bicyclic) bond motifs is 3. The highest BCUT2D eigenvalue weighted by Crippen LogP contribution is 2.31. The van der Waals surface area contributed by atoms with E-state index < -0.39 is 8.80 Å². The van der Waals surface area contributed by atoms with Crippen LogP contribution in [-0.2, 0) is 0 Å². The quantitative estimate of drug-likeness (QED) is 0.267. The maximum absolute atomic E-state index is 9.07. The van der Waals surface area contributed by atoms with Crippen molar-refractivity contribution in [1.29, 1.82) is 0 Å². The molecule has 6 aromatic rings. The second kappa shape index (κ2) is 7.99. The van der Waals surface area contributed by atoms with E-state index in [2.05, 4.69) is 126 Å². The van der Waals surface area contributed by atoms with Crippen LogP contribution in [0.25, 0.3) is 27.5 Å². The van der Waals surface area contributed by atoms with Gasteiger partial charge in [0.1, 0.15) is 0 Å². The van der Waals surface area contributed by atoms with Gasteiger partial charge >= 0.3 is 0 Å². The number of rotatable bonds is 4. The largest absolute Gasteiger partial charge is 0.309 e. The Labute approximate surface area is 191 Å². The summed E-state index contributed by atoms with van der Waals surface area (Å²) in [6.45, 7) is 0. The highest BCUT2D eigenvalue weighted by Gasteiger charge is 2.19. The number of hydrogen-bond donors (Lipinski definition) is 0. The van der Waals surface area contributed by atoms with Crippen molar-refractivity contribution in [3.63, 3.8) is 0 Å². The summed E-state index contributed by atoms with van der Waals surface area (Å²) in [6, 6.07) is 45.3. The van der Waals surface area contributed by atoms with E-state index in [1.54, 1.807) is 0 Å². The molecule has 0 amide bonds. The summed E-state index contributed by atoms with van der Waals surface area (Å²) >= 11 is 0. The molecule has 0 unspecified atom stereocenters. The second-order valence-corrected chi connectivity index (χ2v) is 10.4. The monoisotopic (exact) mass is 425 g/mol. The van der Waals surface area contributed by atoms with Gasteiger partial charge in [-0.2, -0.15) is 0 Å². The minimum atomic E-state index is -1.27. The molecular weight excluding hydrogens is 402 g/mol. The van der Waals surface area contributed by atoms with E-state index in [4.69, 9.17) is 1.37 Å². The highest BCUT2D eigenvalue weighted by atomic mass is 28.3. The van der Waals surface area contributed by atoms with Gasteiger partial charge in [0, 0.05) is 16.5 Å². The molecule has 0 aliphatic carbocycles. The summed E-state index contributed by atoms with van der Waals surface area (Å²) in [5.74, 6) is 0. The minimum absolute atomic E-state index is 0.593. The predicted molar refractivity (Wildman–Crippen MR) is 138 cm³/mol. The average Bonchev–Trinajstić information content (AvgIpc) is 3.21. The van der Waals surface area contributed by atoms with Gasteiger partial charge in [0.2, 0.25) is 0 Å². The molecule has 1 aromatic heterocycles. The molecule has 151 valence electrons. The van der Waals surface area contributed by atoms with Crippen LogP contribution in [0.5, 0.6) is 0 Å².